The standard InChI is InChI=1S/C17H15ClN2O2S/c1-10-14(15-13(23-10)7-8-20(2)17(15)22)16(21)19-9-11-5-3-4-6-12(11)18/h3-8H,9H2,1-2H3,(H,19,21). The summed E-state index contributed by atoms with van der Waals surface area (Å²) in [5, 5.41) is 3.94. The topological polar surface area (TPSA) is 51.1 Å². The van der Waals surface area contributed by atoms with Crippen LogP contribution in [0.5, 0.6) is 0 Å². The highest BCUT2D eigenvalue weighted by molar-refractivity contribution is 7.19. The van der Waals surface area contributed by atoms with Crippen LogP contribution < -0.4 is 10.9 Å². The predicted octanol–water partition coefficient (Wildman–Crippen LogP) is 3.49. The number of carbonyl (C=O) groups is 1. The Bertz CT molecular complexity index is 959. The molecule has 0 aliphatic heterocycles. The van der Waals surface area contributed by atoms with Crippen LogP contribution in [-0.4, -0.2) is 10.5 Å². The van der Waals surface area contributed by atoms with Crippen molar-refractivity contribution in [2.45, 2.75) is 13.5 Å². The van der Waals surface area contributed by atoms with Crippen LogP contribution in [0.15, 0.2) is 41.3 Å². The highest BCUT2D eigenvalue weighted by Crippen LogP contribution is 2.28. The quantitative estimate of drug-likeness (QED) is 0.789. The molecule has 0 spiro atoms. The molecule has 0 aliphatic carbocycles. The molecule has 2 aromatic heterocycles. The molecule has 0 aliphatic rings. The monoisotopic (exact) mass is 346 g/mol. The first-order valence-corrected chi connectivity index (χ1v) is 8.29. The fraction of sp³-hybridized carbons (Fsp3) is 0.176. The van der Waals surface area contributed by atoms with Crippen LogP contribution in [0.25, 0.3) is 10.1 Å². The smallest absolute Gasteiger partial charge is 0.259 e. The molecule has 0 bridgehead atoms. The number of fused-ring (bicyclic) bond motifs is 1. The van der Waals surface area contributed by atoms with Crippen molar-refractivity contribution in [3.8, 4) is 0 Å². The number of amides is 1. The number of rotatable bonds is 3. The Morgan fingerprint density at radius 2 is 2.04 bits per heavy atom. The van der Waals surface area contributed by atoms with Crippen LogP contribution in [-0.2, 0) is 13.6 Å². The number of nitrogens with zero attached hydrogens (tertiary/aromatic N) is 1. The third-order valence-corrected chi connectivity index (χ3v) is 5.16. The minimum absolute atomic E-state index is 0.158. The van der Waals surface area contributed by atoms with Gasteiger partial charge in [0.25, 0.3) is 11.5 Å². The molecule has 2 heterocycles. The van der Waals surface area contributed by atoms with Crippen LogP contribution in [0.3, 0.4) is 0 Å². The van der Waals surface area contributed by atoms with Gasteiger partial charge >= 0.3 is 0 Å². The Labute approximate surface area is 142 Å². The normalized spacial score (nSPS) is 10.9. The molecule has 1 aromatic carbocycles. The molecule has 1 amide bonds. The summed E-state index contributed by atoms with van der Waals surface area (Å²) in [6.45, 7) is 2.18. The summed E-state index contributed by atoms with van der Waals surface area (Å²) in [4.78, 5) is 25.8. The molecule has 0 unspecified atom stereocenters. The van der Waals surface area contributed by atoms with Gasteiger partial charge in [-0.15, -0.1) is 11.3 Å². The first kappa shape index (κ1) is 15.8. The summed E-state index contributed by atoms with van der Waals surface area (Å²) < 4.78 is 2.31. The van der Waals surface area contributed by atoms with Gasteiger partial charge in [0.2, 0.25) is 0 Å². The molecule has 0 fully saturated rings. The molecule has 118 valence electrons. The molecular formula is C17H15ClN2O2S. The first-order valence-electron chi connectivity index (χ1n) is 7.09. The van der Waals surface area contributed by atoms with Crippen molar-refractivity contribution in [3.05, 3.63) is 67.9 Å². The van der Waals surface area contributed by atoms with Gasteiger partial charge in [0.1, 0.15) is 0 Å². The maximum absolute atomic E-state index is 12.6. The summed E-state index contributed by atoms with van der Waals surface area (Å²) in [7, 11) is 1.68. The molecule has 0 saturated carbocycles. The third-order valence-electron chi connectivity index (χ3n) is 3.72. The lowest BCUT2D eigenvalue weighted by Crippen LogP contribution is -2.25. The second kappa shape index (κ2) is 6.18. The molecule has 0 radical (unpaired) electrons. The van der Waals surface area contributed by atoms with Crippen LogP contribution in [0.1, 0.15) is 20.8 Å². The van der Waals surface area contributed by atoms with E-state index in [-0.39, 0.29) is 11.5 Å². The molecule has 1 N–H and O–H groups in total. The van der Waals surface area contributed by atoms with E-state index in [9.17, 15) is 9.59 Å². The Morgan fingerprint density at radius 1 is 1.30 bits per heavy atom. The van der Waals surface area contributed by atoms with E-state index >= 15 is 0 Å². The summed E-state index contributed by atoms with van der Waals surface area (Å²) >= 11 is 7.56. The highest BCUT2D eigenvalue weighted by Gasteiger charge is 2.19. The summed E-state index contributed by atoms with van der Waals surface area (Å²) in [6, 6.07) is 9.21. The van der Waals surface area contributed by atoms with Gasteiger partial charge in [-0.1, -0.05) is 29.8 Å². The number of benzene rings is 1. The zero-order chi connectivity index (χ0) is 16.6. The minimum atomic E-state index is -0.253. The van der Waals surface area contributed by atoms with Crippen LogP contribution in [0.2, 0.25) is 5.02 Å². The number of nitrogens with one attached hydrogen (secondary N) is 1. The fourth-order valence-electron chi connectivity index (χ4n) is 2.50. The van der Waals surface area contributed by atoms with Gasteiger partial charge in [-0.05, 0) is 24.6 Å². The number of aromatic nitrogens is 1. The minimum Gasteiger partial charge on any atom is -0.348 e. The second-order valence-electron chi connectivity index (χ2n) is 5.28. The summed E-state index contributed by atoms with van der Waals surface area (Å²) in [5.74, 6) is -0.253. The van der Waals surface area contributed by atoms with Crippen molar-refractivity contribution >= 4 is 38.9 Å². The van der Waals surface area contributed by atoms with Crippen LogP contribution in [0.4, 0.5) is 0 Å². The van der Waals surface area contributed by atoms with E-state index in [4.69, 9.17) is 11.6 Å². The highest BCUT2D eigenvalue weighted by atomic mass is 35.5. The molecular weight excluding hydrogens is 332 g/mol. The maximum Gasteiger partial charge on any atom is 0.259 e. The van der Waals surface area contributed by atoms with Gasteiger partial charge in [0.15, 0.2) is 0 Å². The fourth-order valence-corrected chi connectivity index (χ4v) is 3.75. The summed E-state index contributed by atoms with van der Waals surface area (Å²) in [6.07, 6.45) is 1.71. The average Bonchev–Trinajstić information content (AvgIpc) is 2.87. The van der Waals surface area contributed by atoms with Gasteiger partial charge in [-0.25, -0.2) is 0 Å². The van der Waals surface area contributed by atoms with E-state index in [2.05, 4.69) is 5.32 Å². The number of carbonyl (C=O) groups excluding carboxylic acids is 1. The largest absolute Gasteiger partial charge is 0.348 e. The van der Waals surface area contributed by atoms with Crippen LogP contribution >= 0.6 is 22.9 Å². The van der Waals surface area contributed by atoms with Gasteiger partial charge < -0.3 is 9.88 Å². The number of halogens is 1. The van der Waals surface area contributed by atoms with Gasteiger partial charge in [-0.2, -0.15) is 0 Å². The second-order valence-corrected chi connectivity index (χ2v) is 6.94. The Kier molecular flexibility index (Phi) is 4.24. The first-order chi connectivity index (χ1) is 11.0. The average molecular weight is 347 g/mol. The SMILES string of the molecule is Cc1sc2ccn(C)c(=O)c2c1C(=O)NCc1ccccc1Cl. The van der Waals surface area contributed by atoms with Crippen molar-refractivity contribution in [3.63, 3.8) is 0 Å². The molecule has 4 nitrogen and oxygen atoms in total. The summed E-state index contributed by atoms with van der Waals surface area (Å²) in [5.41, 5.74) is 1.14. The van der Waals surface area contributed by atoms with E-state index in [0.717, 1.165) is 15.1 Å². The lowest BCUT2D eigenvalue weighted by Gasteiger charge is -2.07. The van der Waals surface area contributed by atoms with Gasteiger partial charge in [0, 0.05) is 34.4 Å². The van der Waals surface area contributed by atoms with E-state index in [1.54, 1.807) is 19.3 Å². The van der Waals surface area contributed by atoms with Crippen molar-refractivity contribution < 1.29 is 4.79 Å². The third kappa shape index (κ3) is 2.90. The lowest BCUT2D eigenvalue weighted by molar-refractivity contribution is 0.0952. The lowest BCUT2D eigenvalue weighted by atomic mass is 10.1. The molecule has 3 rings (SSSR count). The Balaban J connectivity index is 1.95. The number of thiophene rings is 1. The van der Waals surface area contributed by atoms with Crippen molar-refractivity contribution in [2.75, 3.05) is 0 Å². The zero-order valence-corrected chi connectivity index (χ0v) is 14.3. The number of pyridine rings is 1. The van der Waals surface area contributed by atoms with E-state index < -0.39 is 0 Å². The number of aryl methyl sites for hydroxylation is 2. The number of hydrogen-bond acceptors (Lipinski definition) is 3. The van der Waals surface area contributed by atoms with Crippen LogP contribution in [0, 0.1) is 6.92 Å². The zero-order valence-electron chi connectivity index (χ0n) is 12.7. The van der Waals surface area contributed by atoms with Crippen molar-refractivity contribution in [2.24, 2.45) is 7.05 Å². The molecule has 3 aromatic rings. The molecule has 23 heavy (non-hydrogen) atoms. The molecule has 0 atom stereocenters. The van der Waals surface area contributed by atoms with E-state index in [1.807, 2.05) is 31.2 Å². The predicted molar refractivity (Wildman–Crippen MR) is 94.4 cm³/mol. The van der Waals surface area contributed by atoms with Gasteiger partial charge in [0.05, 0.1) is 10.9 Å². The molecule has 0 saturated heterocycles. The van der Waals surface area contributed by atoms with Gasteiger partial charge in [-0.3, -0.25) is 9.59 Å². The molecule has 6 heteroatoms. The van der Waals surface area contributed by atoms with E-state index in [0.29, 0.717) is 22.5 Å². The van der Waals surface area contributed by atoms with Crippen molar-refractivity contribution in [1.29, 1.82) is 0 Å². The number of hydrogen-bond donors (Lipinski definition) is 1. The Hall–Kier alpha value is -2.11. The maximum atomic E-state index is 12.6. The van der Waals surface area contributed by atoms with E-state index in [1.165, 1.54) is 15.9 Å². The van der Waals surface area contributed by atoms with Crippen molar-refractivity contribution in [1.82, 2.24) is 9.88 Å². The Morgan fingerprint density at radius 3 is 2.78 bits per heavy atom.